The zero-order valence-electron chi connectivity index (χ0n) is 10.9. The third-order valence-corrected chi connectivity index (χ3v) is 3.75. The number of hydrogen-bond acceptors (Lipinski definition) is 2. The van der Waals surface area contributed by atoms with Crippen LogP contribution in [0.25, 0.3) is 0 Å². The smallest absolute Gasteiger partial charge is 0.305 e. The zero-order valence-corrected chi connectivity index (χ0v) is 10.9. The summed E-state index contributed by atoms with van der Waals surface area (Å²) in [5.74, 6) is -0.714. The Hall–Kier alpha value is -1.35. The van der Waals surface area contributed by atoms with Crippen LogP contribution in [0.15, 0.2) is 24.3 Å². The Bertz CT molecular complexity index is 411. The summed E-state index contributed by atoms with van der Waals surface area (Å²) < 4.78 is 0. The highest BCUT2D eigenvalue weighted by Gasteiger charge is 2.25. The van der Waals surface area contributed by atoms with Crippen LogP contribution in [0.5, 0.6) is 0 Å². The fraction of sp³-hybridized carbons (Fsp3) is 0.533. The number of hydrogen-bond donors (Lipinski definition) is 1. The molecule has 0 bridgehead atoms. The van der Waals surface area contributed by atoms with E-state index in [0.717, 1.165) is 13.1 Å². The molecule has 1 atom stereocenters. The monoisotopic (exact) mass is 247 g/mol. The summed E-state index contributed by atoms with van der Waals surface area (Å²) in [5, 5.41) is 9.14. The summed E-state index contributed by atoms with van der Waals surface area (Å²) >= 11 is 0. The van der Waals surface area contributed by atoms with Crippen molar-refractivity contribution < 1.29 is 9.90 Å². The summed E-state index contributed by atoms with van der Waals surface area (Å²) in [6.45, 7) is 4.10. The highest BCUT2D eigenvalue weighted by atomic mass is 16.4. The minimum absolute atomic E-state index is 0.0315. The van der Waals surface area contributed by atoms with Crippen LogP contribution in [0.4, 0.5) is 0 Å². The van der Waals surface area contributed by atoms with E-state index in [-0.39, 0.29) is 12.5 Å². The molecule has 0 spiro atoms. The van der Waals surface area contributed by atoms with Crippen molar-refractivity contribution in [2.45, 2.75) is 38.6 Å². The maximum atomic E-state index is 11.1. The van der Waals surface area contributed by atoms with Gasteiger partial charge in [-0.2, -0.15) is 0 Å². The minimum Gasteiger partial charge on any atom is -0.481 e. The van der Waals surface area contributed by atoms with E-state index in [1.807, 2.05) is 12.1 Å². The van der Waals surface area contributed by atoms with Crippen LogP contribution in [0.3, 0.4) is 0 Å². The number of rotatable bonds is 4. The molecule has 98 valence electrons. The van der Waals surface area contributed by atoms with Crippen molar-refractivity contribution >= 4 is 5.97 Å². The molecule has 1 saturated heterocycles. The Morgan fingerprint density at radius 1 is 1.28 bits per heavy atom. The third-order valence-electron chi connectivity index (χ3n) is 3.75. The quantitative estimate of drug-likeness (QED) is 0.889. The van der Waals surface area contributed by atoms with E-state index in [1.54, 1.807) is 0 Å². The molecule has 0 radical (unpaired) electrons. The molecule has 1 aliphatic heterocycles. The van der Waals surface area contributed by atoms with Crippen LogP contribution < -0.4 is 0 Å². The van der Waals surface area contributed by atoms with Crippen molar-refractivity contribution in [1.29, 1.82) is 0 Å². The molecule has 1 aliphatic rings. The van der Waals surface area contributed by atoms with Crippen LogP contribution >= 0.6 is 0 Å². The Morgan fingerprint density at radius 3 is 2.56 bits per heavy atom. The average molecular weight is 247 g/mol. The lowest BCUT2D eigenvalue weighted by atomic mass is 9.95. The molecule has 3 nitrogen and oxygen atoms in total. The molecule has 1 aromatic rings. The molecule has 0 aromatic heterocycles. The molecule has 0 amide bonds. The van der Waals surface area contributed by atoms with Gasteiger partial charge in [0.05, 0.1) is 6.42 Å². The fourth-order valence-electron chi connectivity index (χ4n) is 2.79. The Kier molecular flexibility index (Phi) is 4.37. The molecular weight excluding hydrogens is 226 g/mol. The second kappa shape index (κ2) is 6.01. The molecule has 3 heteroatoms. The lowest BCUT2D eigenvalue weighted by Gasteiger charge is -2.34. The third kappa shape index (κ3) is 3.10. The van der Waals surface area contributed by atoms with Crippen molar-refractivity contribution in [3.05, 3.63) is 35.4 Å². The first-order valence-electron chi connectivity index (χ1n) is 6.70. The van der Waals surface area contributed by atoms with Crippen molar-refractivity contribution in [3.63, 3.8) is 0 Å². The van der Waals surface area contributed by atoms with Gasteiger partial charge in [0, 0.05) is 6.04 Å². The summed E-state index contributed by atoms with van der Waals surface area (Å²) in [7, 11) is 0. The SMILES string of the molecule is Cc1ccccc1C(CC(=O)O)N1CCCCC1. The molecule has 18 heavy (non-hydrogen) atoms. The maximum Gasteiger partial charge on any atom is 0.305 e. The Balaban J connectivity index is 2.24. The van der Waals surface area contributed by atoms with E-state index in [2.05, 4.69) is 24.0 Å². The number of benzene rings is 1. The fourth-order valence-corrected chi connectivity index (χ4v) is 2.79. The summed E-state index contributed by atoms with van der Waals surface area (Å²) in [6, 6.07) is 8.17. The molecule has 0 saturated carbocycles. The van der Waals surface area contributed by atoms with Gasteiger partial charge in [0.25, 0.3) is 0 Å². The van der Waals surface area contributed by atoms with E-state index in [1.165, 1.54) is 30.4 Å². The lowest BCUT2D eigenvalue weighted by molar-refractivity contribution is -0.138. The number of likely N-dealkylation sites (tertiary alicyclic amines) is 1. The largest absolute Gasteiger partial charge is 0.481 e. The molecule has 1 aromatic carbocycles. The van der Waals surface area contributed by atoms with Crippen LogP contribution in [0, 0.1) is 6.92 Å². The predicted octanol–water partition coefficient (Wildman–Crippen LogP) is 3.00. The maximum absolute atomic E-state index is 11.1. The number of carboxylic acids is 1. The van der Waals surface area contributed by atoms with Crippen molar-refractivity contribution in [3.8, 4) is 0 Å². The van der Waals surface area contributed by atoms with Crippen molar-refractivity contribution in [1.82, 2.24) is 4.90 Å². The van der Waals surface area contributed by atoms with Crippen molar-refractivity contribution in [2.75, 3.05) is 13.1 Å². The average Bonchev–Trinajstić information content (AvgIpc) is 2.38. The molecule has 1 N–H and O–H groups in total. The van der Waals surface area contributed by atoms with Gasteiger partial charge in [0.1, 0.15) is 0 Å². The Labute approximate surface area is 108 Å². The minimum atomic E-state index is -0.714. The number of carbonyl (C=O) groups is 1. The number of aryl methyl sites for hydroxylation is 1. The molecule has 2 rings (SSSR count). The van der Waals surface area contributed by atoms with Gasteiger partial charge in [-0.3, -0.25) is 9.69 Å². The summed E-state index contributed by atoms with van der Waals surface area (Å²) in [6.07, 6.45) is 3.83. The van der Waals surface area contributed by atoms with Crippen LogP contribution in [0.1, 0.15) is 42.9 Å². The van der Waals surface area contributed by atoms with E-state index in [9.17, 15) is 4.79 Å². The van der Waals surface area contributed by atoms with Crippen molar-refractivity contribution in [2.24, 2.45) is 0 Å². The second-order valence-corrected chi connectivity index (χ2v) is 5.07. The first-order chi connectivity index (χ1) is 8.68. The number of aliphatic carboxylic acids is 1. The number of carboxylic acid groups (broad SMARTS) is 1. The lowest BCUT2D eigenvalue weighted by Crippen LogP contribution is -2.35. The van der Waals surface area contributed by atoms with Gasteiger partial charge in [-0.25, -0.2) is 0 Å². The zero-order chi connectivity index (χ0) is 13.0. The number of nitrogens with zero attached hydrogens (tertiary/aromatic N) is 1. The van der Waals surface area contributed by atoms with Crippen LogP contribution in [0.2, 0.25) is 0 Å². The van der Waals surface area contributed by atoms with E-state index in [4.69, 9.17) is 5.11 Å². The Morgan fingerprint density at radius 2 is 1.94 bits per heavy atom. The molecule has 1 fully saturated rings. The second-order valence-electron chi connectivity index (χ2n) is 5.07. The molecular formula is C15H21NO2. The van der Waals surface area contributed by atoms with E-state index < -0.39 is 5.97 Å². The van der Waals surface area contributed by atoms with Gasteiger partial charge in [-0.1, -0.05) is 30.7 Å². The topological polar surface area (TPSA) is 40.5 Å². The number of piperidine rings is 1. The van der Waals surface area contributed by atoms with E-state index >= 15 is 0 Å². The van der Waals surface area contributed by atoms with Gasteiger partial charge in [-0.05, 0) is 44.0 Å². The summed E-state index contributed by atoms with van der Waals surface area (Å²) in [5.41, 5.74) is 2.36. The highest BCUT2D eigenvalue weighted by molar-refractivity contribution is 5.68. The molecule has 1 unspecified atom stereocenters. The highest BCUT2D eigenvalue weighted by Crippen LogP contribution is 2.29. The standard InChI is InChI=1S/C15H21NO2/c1-12-7-3-4-8-13(12)14(11-15(17)18)16-9-5-2-6-10-16/h3-4,7-8,14H,2,5-6,9-11H2,1H3,(H,17,18). The first kappa shape index (κ1) is 13.1. The normalized spacial score (nSPS) is 18.5. The van der Waals surface area contributed by atoms with Gasteiger partial charge in [0.2, 0.25) is 0 Å². The van der Waals surface area contributed by atoms with Gasteiger partial charge < -0.3 is 5.11 Å². The van der Waals surface area contributed by atoms with E-state index in [0.29, 0.717) is 0 Å². The van der Waals surface area contributed by atoms with Gasteiger partial charge >= 0.3 is 5.97 Å². The first-order valence-corrected chi connectivity index (χ1v) is 6.70. The molecule has 1 heterocycles. The predicted molar refractivity (Wildman–Crippen MR) is 71.6 cm³/mol. The van der Waals surface area contributed by atoms with Gasteiger partial charge in [0.15, 0.2) is 0 Å². The van der Waals surface area contributed by atoms with Gasteiger partial charge in [-0.15, -0.1) is 0 Å². The van der Waals surface area contributed by atoms with Crippen LogP contribution in [-0.2, 0) is 4.79 Å². The molecule has 0 aliphatic carbocycles. The summed E-state index contributed by atoms with van der Waals surface area (Å²) in [4.78, 5) is 13.4. The van der Waals surface area contributed by atoms with Crippen LogP contribution in [-0.4, -0.2) is 29.1 Å².